The molecule has 0 heterocycles. The van der Waals surface area contributed by atoms with Crippen molar-refractivity contribution < 1.29 is 14.4 Å². The van der Waals surface area contributed by atoms with Gasteiger partial charge in [-0.25, -0.2) is 4.79 Å². The highest BCUT2D eigenvalue weighted by molar-refractivity contribution is 5.63. The predicted molar refractivity (Wildman–Crippen MR) is 30.7 cm³/mol. The number of amides is 1. The molecule has 4 heteroatoms. The second-order valence-electron chi connectivity index (χ2n) is 1.85. The van der Waals surface area contributed by atoms with Gasteiger partial charge in [0.25, 0.3) is 0 Å². The molecule has 0 saturated carbocycles. The molecule has 1 N–H and O–H groups in total. The first-order valence-corrected chi connectivity index (χ1v) is 2.77. The van der Waals surface area contributed by atoms with Crippen LogP contribution in [0.1, 0.15) is 20.3 Å². The molecule has 54 valence electrons. The molecule has 0 fully saturated rings. The van der Waals surface area contributed by atoms with Gasteiger partial charge in [0, 0.05) is 0 Å². The van der Waals surface area contributed by atoms with Crippen LogP contribution in [0.2, 0.25) is 0 Å². The lowest BCUT2D eigenvalue weighted by molar-refractivity contribution is 0.000490. The maximum atomic E-state index is 12.2. The summed E-state index contributed by atoms with van der Waals surface area (Å²) in [6.45, 7) is 3.23. The van der Waals surface area contributed by atoms with E-state index in [0.29, 0.717) is 6.42 Å². The van der Waals surface area contributed by atoms with Crippen molar-refractivity contribution in [3.63, 3.8) is 0 Å². The fraction of sp³-hybridized carbons (Fsp3) is 0.800. The predicted octanol–water partition coefficient (Wildman–Crippen LogP) is 1.65. The van der Waals surface area contributed by atoms with Gasteiger partial charge in [-0.2, -0.15) is 0 Å². The van der Waals surface area contributed by atoms with Gasteiger partial charge >= 0.3 is 6.09 Å². The van der Waals surface area contributed by atoms with Crippen molar-refractivity contribution in [3.8, 4) is 0 Å². The number of carboxylic acid groups (broad SMARTS) is 1. The second-order valence-corrected chi connectivity index (χ2v) is 1.85. The summed E-state index contributed by atoms with van der Waals surface area (Å²) < 4.78 is 12.2. The van der Waals surface area contributed by atoms with E-state index in [1.807, 2.05) is 0 Å². The van der Waals surface area contributed by atoms with Crippen molar-refractivity contribution >= 4 is 6.09 Å². The van der Waals surface area contributed by atoms with Crippen LogP contribution in [-0.4, -0.2) is 22.4 Å². The third-order valence-corrected chi connectivity index (χ3v) is 1.16. The Morgan fingerprint density at radius 1 is 1.89 bits per heavy atom. The second kappa shape index (κ2) is 3.27. The minimum absolute atomic E-state index is 0.194. The lowest BCUT2D eigenvalue weighted by atomic mass is 10.3. The Kier molecular flexibility index (Phi) is 2.98. The van der Waals surface area contributed by atoms with Crippen LogP contribution in [0, 0.1) is 0 Å². The quantitative estimate of drug-likeness (QED) is 0.585. The first kappa shape index (κ1) is 8.20. The van der Waals surface area contributed by atoms with Gasteiger partial charge in [0.15, 0.2) is 0 Å². The van der Waals surface area contributed by atoms with E-state index in [9.17, 15) is 9.28 Å². The van der Waals surface area contributed by atoms with E-state index in [1.165, 1.54) is 6.92 Å². The Morgan fingerprint density at radius 3 is 2.44 bits per heavy atom. The Balaban J connectivity index is 3.72. The largest absolute Gasteiger partial charge is 0.463 e. The third-order valence-electron chi connectivity index (χ3n) is 1.16. The average molecular weight is 135 g/mol. The van der Waals surface area contributed by atoms with Crippen LogP contribution in [0.25, 0.3) is 0 Å². The maximum Gasteiger partial charge on any atom is 0.435 e. The molecule has 0 aliphatic heterocycles. The maximum absolute atomic E-state index is 12.2. The summed E-state index contributed by atoms with van der Waals surface area (Å²) in [5, 5.41) is 7.84. The molecule has 0 bridgehead atoms. The molecule has 1 atom stereocenters. The molecular weight excluding hydrogens is 125 g/mol. The molecule has 0 spiro atoms. The monoisotopic (exact) mass is 135 g/mol. The average Bonchev–Trinajstić information content (AvgIpc) is 1.84. The van der Waals surface area contributed by atoms with Crippen LogP contribution in [0.3, 0.4) is 0 Å². The minimum Gasteiger partial charge on any atom is -0.463 e. The van der Waals surface area contributed by atoms with E-state index in [-0.39, 0.29) is 5.12 Å². The van der Waals surface area contributed by atoms with E-state index >= 15 is 0 Å². The van der Waals surface area contributed by atoms with Crippen molar-refractivity contribution in [1.29, 1.82) is 0 Å². The van der Waals surface area contributed by atoms with Gasteiger partial charge in [0.05, 0.1) is 6.04 Å². The molecule has 3 nitrogen and oxygen atoms in total. The molecule has 1 amide bonds. The molecule has 0 saturated heterocycles. The molecule has 0 aromatic rings. The third kappa shape index (κ3) is 2.30. The number of nitrogens with zero attached hydrogens (tertiary/aromatic N) is 1. The zero-order valence-electron chi connectivity index (χ0n) is 5.47. The summed E-state index contributed by atoms with van der Waals surface area (Å²) in [5.41, 5.74) is 0. The fourth-order valence-electron chi connectivity index (χ4n) is 0.349. The van der Waals surface area contributed by atoms with Gasteiger partial charge in [-0.05, 0) is 13.3 Å². The molecule has 0 radical (unpaired) electrons. The van der Waals surface area contributed by atoms with Crippen LogP contribution in [0.5, 0.6) is 0 Å². The lowest BCUT2D eigenvalue weighted by Gasteiger charge is -2.13. The first-order chi connectivity index (χ1) is 4.09. The van der Waals surface area contributed by atoms with Crippen LogP contribution in [0.15, 0.2) is 0 Å². The summed E-state index contributed by atoms with van der Waals surface area (Å²) in [7, 11) is 0. The fourth-order valence-corrected chi connectivity index (χ4v) is 0.349. The number of halogens is 1. The first-order valence-electron chi connectivity index (χ1n) is 2.77. The van der Waals surface area contributed by atoms with Crippen molar-refractivity contribution in [2.75, 3.05) is 0 Å². The van der Waals surface area contributed by atoms with Crippen molar-refractivity contribution in [1.82, 2.24) is 5.12 Å². The minimum atomic E-state index is -1.52. The standard InChI is InChI=1S/C5H10FNO2/c1-3-4(2)7(6)5(8)9/h4H,3H2,1-2H3,(H,8,9). The van der Waals surface area contributed by atoms with Crippen LogP contribution < -0.4 is 0 Å². The van der Waals surface area contributed by atoms with Gasteiger partial charge in [-0.1, -0.05) is 11.4 Å². The molecule has 0 aliphatic rings. The Hall–Kier alpha value is -0.800. The van der Waals surface area contributed by atoms with Crippen LogP contribution in [-0.2, 0) is 0 Å². The zero-order valence-corrected chi connectivity index (χ0v) is 5.47. The molecule has 1 unspecified atom stereocenters. The van der Waals surface area contributed by atoms with Gasteiger partial charge in [0.1, 0.15) is 0 Å². The molecule has 0 rings (SSSR count). The molecule has 9 heavy (non-hydrogen) atoms. The van der Waals surface area contributed by atoms with Gasteiger partial charge in [0.2, 0.25) is 0 Å². The summed E-state index contributed by atoms with van der Waals surface area (Å²) in [5.74, 6) is 0. The highest BCUT2D eigenvalue weighted by Crippen LogP contribution is 2.02. The summed E-state index contributed by atoms with van der Waals surface area (Å²) >= 11 is 0. The van der Waals surface area contributed by atoms with Crippen LogP contribution in [0.4, 0.5) is 9.28 Å². The SMILES string of the molecule is CCC(C)N(F)C(=O)O. The van der Waals surface area contributed by atoms with Crippen molar-refractivity contribution in [2.45, 2.75) is 26.3 Å². The van der Waals surface area contributed by atoms with E-state index in [0.717, 1.165) is 0 Å². The summed E-state index contributed by atoms with van der Waals surface area (Å²) in [6.07, 6.45) is -1.03. The zero-order chi connectivity index (χ0) is 7.44. The van der Waals surface area contributed by atoms with Crippen molar-refractivity contribution in [3.05, 3.63) is 0 Å². The Bertz CT molecular complexity index is 107. The topological polar surface area (TPSA) is 40.5 Å². The normalized spacial score (nSPS) is 12.8. The van der Waals surface area contributed by atoms with E-state index < -0.39 is 12.1 Å². The molecule has 0 aromatic carbocycles. The Morgan fingerprint density at radius 2 is 2.33 bits per heavy atom. The number of hydrogen-bond acceptors (Lipinski definition) is 1. The van der Waals surface area contributed by atoms with Gasteiger partial charge < -0.3 is 5.11 Å². The summed E-state index contributed by atoms with van der Waals surface area (Å²) in [4.78, 5) is 9.85. The summed E-state index contributed by atoms with van der Waals surface area (Å²) in [6, 6.07) is -0.539. The van der Waals surface area contributed by atoms with Gasteiger partial charge in [-0.15, -0.1) is 5.12 Å². The number of carbonyl (C=O) groups is 1. The highest BCUT2D eigenvalue weighted by Gasteiger charge is 2.15. The lowest BCUT2D eigenvalue weighted by Crippen LogP contribution is -2.29. The molecular formula is C5H10FNO2. The molecule has 0 aromatic heterocycles. The van der Waals surface area contributed by atoms with Crippen LogP contribution >= 0.6 is 0 Å². The Labute approximate surface area is 53.0 Å². The van der Waals surface area contributed by atoms with Gasteiger partial charge in [-0.3, -0.25) is 0 Å². The smallest absolute Gasteiger partial charge is 0.435 e. The molecule has 0 aliphatic carbocycles. The highest BCUT2D eigenvalue weighted by atomic mass is 19.2. The number of hydrogen-bond donors (Lipinski definition) is 1. The van der Waals surface area contributed by atoms with Crippen molar-refractivity contribution in [2.24, 2.45) is 0 Å². The van der Waals surface area contributed by atoms with E-state index in [1.54, 1.807) is 6.92 Å². The van der Waals surface area contributed by atoms with E-state index in [2.05, 4.69) is 0 Å². The number of rotatable bonds is 2. The van der Waals surface area contributed by atoms with E-state index in [4.69, 9.17) is 5.11 Å².